The minimum absolute atomic E-state index is 0.0451. The van der Waals surface area contributed by atoms with Gasteiger partial charge >= 0.3 is 11.7 Å². The number of hydrogen-bond acceptors (Lipinski definition) is 3. The molecule has 3 aromatic rings. The molecule has 7 nitrogen and oxygen atoms in total. The van der Waals surface area contributed by atoms with E-state index in [0.717, 1.165) is 0 Å². The molecule has 0 aliphatic rings. The first-order valence-corrected chi connectivity index (χ1v) is 9.70. The third-order valence-electron chi connectivity index (χ3n) is 4.76. The van der Waals surface area contributed by atoms with E-state index in [1.807, 2.05) is 24.3 Å². The topological polar surface area (TPSA) is 81.0 Å². The normalized spacial score (nSPS) is 11.4. The number of carbonyl (C=O) groups excluding carboxylic acids is 1. The number of nitrogens with one attached hydrogen (secondary N) is 2. The average Bonchev–Trinajstić information content (AvgIpc) is 2.97. The van der Waals surface area contributed by atoms with Crippen molar-refractivity contribution >= 4 is 11.7 Å². The highest BCUT2D eigenvalue weighted by Crippen LogP contribution is 2.23. The highest BCUT2D eigenvalue weighted by Gasteiger charge is 2.14. The summed E-state index contributed by atoms with van der Waals surface area (Å²) in [5.41, 5.74) is 2.24. The molecular formula is C22H26FN5O2. The molecule has 0 radical (unpaired) electrons. The quantitative estimate of drug-likeness (QED) is 0.674. The summed E-state index contributed by atoms with van der Waals surface area (Å²) in [5, 5.41) is 9.79. The van der Waals surface area contributed by atoms with Crippen molar-refractivity contribution in [2.24, 2.45) is 7.05 Å². The van der Waals surface area contributed by atoms with Gasteiger partial charge in [0.2, 0.25) is 0 Å². The van der Waals surface area contributed by atoms with Gasteiger partial charge in [0.05, 0.1) is 6.54 Å². The average molecular weight is 411 g/mol. The van der Waals surface area contributed by atoms with E-state index < -0.39 is 0 Å². The molecule has 0 spiro atoms. The maximum Gasteiger partial charge on any atom is 0.345 e. The van der Waals surface area contributed by atoms with Crippen LogP contribution in [0.3, 0.4) is 0 Å². The molecular weight excluding hydrogens is 385 g/mol. The molecule has 0 bridgehead atoms. The van der Waals surface area contributed by atoms with Crippen molar-refractivity contribution < 1.29 is 9.18 Å². The Bertz CT molecular complexity index is 1080. The number of amides is 2. The van der Waals surface area contributed by atoms with E-state index in [0.29, 0.717) is 17.1 Å². The zero-order chi connectivity index (χ0) is 21.9. The van der Waals surface area contributed by atoms with E-state index in [2.05, 4.69) is 36.5 Å². The fourth-order valence-electron chi connectivity index (χ4n) is 2.99. The smallest absolute Gasteiger partial charge is 0.336 e. The zero-order valence-corrected chi connectivity index (χ0v) is 17.6. The summed E-state index contributed by atoms with van der Waals surface area (Å²) >= 11 is 0. The Morgan fingerprint density at radius 1 is 1.07 bits per heavy atom. The SMILES string of the molecule is Cn1c(-c2ccc(F)cc2)nn(CCNC(=O)Nc2ccc(C(C)(C)C)cc2)c1=O. The second kappa shape index (κ2) is 8.52. The summed E-state index contributed by atoms with van der Waals surface area (Å²) in [5.74, 6) is 0.0785. The third-order valence-corrected chi connectivity index (χ3v) is 4.76. The van der Waals surface area contributed by atoms with E-state index >= 15 is 0 Å². The van der Waals surface area contributed by atoms with E-state index in [9.17, 15) is 14.0 Å². The molecule has 2 aromatic carbocycles. The van der Waals surface area contributed by atoms with Crippen molar-refractivity contribution in [1.29, 1.82) is 0 Å². The number of carbonyl (C=O) groups is 1. The summed E-state index contributed by atoms with van der Waals surface area (Å²) < 4.78 is 15.8. The lowest BCUT2D eigenvalue weighted by atomic mass is 9.87. The van der Waals surface area contributed by atoms with E-state index in [1.54, 1.807) is 19.2 Å². The molecule has 158 valence electrons. The van der Waals surface area contributed by atoms with Crippen LogP contribution in [0.4, 0.5) is 14.9 Å². The first-order chi connectivity index (χ1) is 14.1. The lowest BCUT2D eigenvalue weighted by Gasteiger charge is -2.19. The molecule has 1 heterocycles. The number of hydrogen-bond donors (Lipinski definition) is 2. The molecule has 2 amide bonds. The molecule has 0 saturated carbocycles. The Kier molecular flexibility index (Phi) is 6.05. The fourth-order valence-corrected chi connectivity index (χ4v) is 2.99. The number of rotatable bonds is 5. The second-order valence-corrected chi connectivity index (χ2v) is 8.10. The summed E-state index contributed by atoms with van der Waals surface area (Å²) in [6, 6.07) is 13.1. The molecule has 0 atom stereocenters. The molecule has 8 heteroatoms. The number of urea groups is 1. The van der Waals surface area contributed by atoms with Crippen molar-refractivity contribution in [3.8, 4) is 11.4 Å². The van der Waals surface area contributed by atoms with Crippen molar-refractivity contribution in [3.63, 3.8) is 0 Å². The summed E-state index contributed by atoms with van der Waals surface area (Å²) in [6.07, 6.45) is 0. The number of nitrogens with zero attached hydrogens (tertiary/aromatic N) is 3. The van der Waals surface area contributed by atoms with Crippen LogP contribution >= 0.6 is 0 Å². The van der Waals surface area contributed by atoms with Gasteiger partial charge < -0.3 is 10.6 Å². The Balaban J connectivity index is 1.57. The van der Waals surface area contributed by atoms with Crippen molar-refractivity contribution in [2.45, 2.75) is 32.7 Å². The first-order valence-electron chi connectivity index (χ1n) is 9.70. The molecule has 0 aliphatic carbocycles. The third kappa shape index (κ3) is 4.94. The Hall–Kier alpha value is -3.42. The molecule has 2 N–H and O–H groups in total. The Labute approximate surface area is 174 Å². The fraction of sp³-hybridized carbons (Fsp3) is 0.318. The Morgan fingerprint density at radius 2 is 1.70 bits per heavy atom. The van der Waals surface area contributed by atoms with Gasteiger partial charge in [-0.2, -0.15) is 0 Å². The summed E-state index contributed by atoms with van der Waals surface area (Å²) in [6.45, 7) is 6.82. The van der Waals surface area contributed by atoms with Crippen molar-refractivity contribution in [1.82, 2.24) is 19.7 Å². The van der Waals surface area contributed by atoms with Crippen molar-refractivity contribution in [2.75, 3.05) is 11.9 Å². The van der Waals surface area contributed by atoms with E-state index in [1.165, 1.54) is 26.9 Å². The summed E-state index contributed by atoms with van der Waals surface area (Å²) in [4.78, 5) is 24.5. The molecule has 0 fully saturated rings. The number of benzene rings is 2. The number of aromatic nitrogens is 3. The van der Waals surface area contributed by atoms with Crippen LogP contribution in [0.5, 0.6) is 0 Å². The lowest BCUT2D eigenvalue weighted by Crippen LogP contribution is -2.34. The van der Waals surface area contributed by atoms with Crippen molar-refractivity contribution in [3.05, 3.63) is 70.4 Å². The maximum atomic E-state index is 13.1. The molecule has 0 saturated heterocycles. The second-order valence-electron chi connectivity index (χ2n) is 8.10. The van der Waals surface area contributed by atoms with Gasteiger partial charge in [0.1, 0.15) is 5.82 Å². The van der Waals surface area contributed by atoms with Gasteiger partial charge in [-0.05, 0) is 47.4 Å². The largest absolute Gasteiger partial charge is 0.345 e. The van der Waals surface area contributed by atoms with Crippen LogP contribution in [0, 0.1) is 5.82 Å². The van der Waals surface area contributed by atoms with E-state index in [4.69, 9.17) is 0 Å². The van der Waals surface area contributed by atoms with E-state index in [-0.39, 0.29) is 36.0 Å². The predicted molar refractivity (Wildman–Crippen MR) is 115 cm³/mol. The van der Waals surface area contributed by atoms with Crippen LogP contribution in [0.2, 0.25) is 0 Å². The highest BCUT2D eigenvalue weighted by molar-refractivity contribution is 5.89. The van der Waals surface area contributed by atoms with Gasteiger partial charge in [0.15, 0.2) is 5.82 Å². The monoisotopic (exact) mass is 411 g/mol. The minimum Gasteiger partial charge on any atom is -0.336 e. The van der Waals surface area contributed by atoms with Gasteiger partial charge in [0, 0.05) is 24.8 Å². The molecule has 1 aromatic heterocycles. The minimum atomic E-state index is -0.360. The van der Waals surface area contributed by atoms with Gasteiger partial charge in [-0.15, -0.1) is 5.10 Å². The lowest BCUT2D eigenvalue weighted by molar-refractivity contribution is 0.251. The number of halogens is 1. The van der Waals surface area contributed by atoms with Gasteiger partial charge in [-0.25, -0.2) is 18.7 Å². The first kappa shape index (κ1) is 21.3. The number of anilines is 1. The molecule has 0 unspecified atom stereocenters. The molecule has 3 rings (SSSR count). The van der Waals surface area contributed by atoms with Crippen LogP contribution in [0.15, 0.2) is 53.3 Å². The Morgan fingerprint density at radius 3 is 2.30 bits per heavy atom. The zero-order valence-electron chi connectivity index (χ0n) is 17.6. The van der Waals surface area contributed by atoms with Crippen LogP contribution in [0.25, 0.3) is 11.4 Å². The standard InChI is InChI=1S/C22H26FN5O2/c1-22(2,3)16-7-11-18(12-8-16)25-20(29)24-13-14-28-21(30)27(4)19(26-28)15-5-9-17(23)10-6-15/h5-12H,13-14H2,1-4H3,(H2,24,25,29). The van der Waals surface area contributed by atoms with Crippen LogP contribution < -0.4 is 16.3 Å². The highest BCUT2D eigenvalue weighted by atomic mass is 19.1. The van der Waals surface area contributed by atoms with Gasteiger partial charge in [-0.1, -0.05) is 32.9 Å². The van der Waals surface area contributed by atoms with Crippen LogP contribution in [-0.2, 0) is 19.0 Å². The van der Waals surface area contributed by atoms with Crippen LogP contribution in [-0.4, -0.2) is 26.9 Å². The van der Waals surface area contributed by atoms with Gasteiger partial charge in [0.25, 0.3) is 0 Å². The molecule has 0 aliphatic heterocycles. The van der Waals surface area contributed by atoms with Crippen LogP contribution in [0.1, 0.15) is 26.3 Å². The predicted octanol–water partition coefficient (Wildman–Crippen LogP) is 3.51. The molecule has 30 heavy (non-hydrogen) atoms. The summed E-state index contributed by atoms with van der Waals surface area (Å²) in [7, 11) is 1.60. The van der Waals surface area contributed by atoms with Gasteiger partial charge in [-0.3, -0.25) is 4.57 Å². The maximum absolute atomic E-state index is 13.1.